The van der Waals surface area contributed by atoms with Gasteiger partial charge in [-0.15, -0.1) is 0 Å². The maximum absolute atomic E-state index is 12.4. The highest BCUT2D eigenvalue weighted by Crippen LogP contribution is 2.20. The second-order valence-corrected chi connectivity index (χ2v) is 5.10. The lowest BCUT2D eigenvalue weighted by Crippen LogP contribution is -2.03. The molecule has 20 heavy (non-hydrogen) atoms. The lowest BCUT2D eigenvalue weighted by atomic mass is 9.97. The van der Waals surface area contributed by atoms with E-state index in [4.69, 9.17) is 0 Å². The molecular weight excluding hydrogens is 244 g/mol. The summed E-state index contributed by atoms with van der Waals surface area (Å²) in [4.78, 5) is 12.4. The molecule has 0 bridgehead atoms. The predicted molar refractivity (Wildman–Crippen MR) is 83.2 cm³/mol. The monoisotopic (exact) mass is 260 g/mol. The third-order valence-corrected chi connectivity index (χ3v) is 3.60. The van der Waals surface area contributed by atoms with Crippen LogP contribution in [0.1, 0.15) is 21.5 Å². The zero-order chi connectivity index (χ0) is 13.9. The first-order chi connectivity index (χ1) is 9.74. The van der Waals surface area contributed by atoms with E-state index in [0.717, 1.165) is 16.5 Å². The summed E-state index contributed by atoms with van der Waals surface area (Å²) in [6.45, 7) is 2.03. The van der Waals surface area contributed by atoms with Crippen LogP contribution in [0, 0.1) is 6.92 Å². The van der Waals surface area contributed by atoms with Crippen molar-refractivity contribution in [3.8, 4) is 0 Å². The number of Topliss-reactive ketones (excluding diaryl/α,β-unsaturated/α-hetero) is 1. The molecule has 0 saturated carbocycles. The maximum Gasteiger partial charge on any atom is 0.167 e. The molecule has 0 spiro atoms. The molecule has 0 aliphatic rings. The summed E-state index contributed by atoms with van der Waals surface area (Å²) in [5.41, 5.74) is 3.05. The fourth-order valence-electron chi connectivity index (χ4n) is 2.46. The molecule has 98 valence electrons. The number of ketones is 1. The number of aryl methyl sites for hydroxylation is 1. The van der Waals surface area contributed by atoms with Gasteiger partial charge in [-0.3, -0.25) is 4.79 Å². The van der Waals surface area contributed by atoms with Gasteiger partial charge in [0.15, 0.2) is 5.78 Å². The molecule has 0 radical (unpaired) electrons. The number of rotatable bonds is 3. The van der Waals surface area contributed by atoms with Crippen molar-refractivity contribution in [2.24, 2.45) is 0 Å². The molecular formula is C19H16O. The van der Waals surface area contributed by atoms with Crippen molar-refractivity contribution in [2.75, 3.05) is 0 Å². The first kappa shape index (κ1) is 12.6. The lowest BCUT2D eigenvalue weighted by molar-refractivity contribution is 0.0993. The lowest BCUT2D eigenvalue weighted by Gasteiger charge is -2.06. The molecule has 0 aliphatic carbocycles. The van der Waals surface area contributed by atoms with E-state index >= 15 is 0 Å². The molecule has 0 fully saturated rings. The Kier molecular flexibility index (Phi) is 3.34. The van der Waals surface area contributed by atoms with Crippen LogP contribution in [0.3, 0.4) is 0 Å². The number of carbonyl (C=O) groups excluding carboxylic acids is 1. The van der Waals surface area contributed by atoms with Crippen LogP contribution in [0.4, 0.5) is 0 Å². The molecule has 0 aromatic heterocycles. The third-order valence-electron chi connectivity index (χ3n) is 3.60. The van der Waals surface area contributed by atoms with Gasteiger partial charge >= 0.3 is 0 Å². The Morgan fingerprint density at radius 3 is 2.35 bits per heavy atom. The Bertz CT molecular complexity index is 749. The highest BCUT2D eigenvalue weighted by Gasteiger charge is 2.09. The van der Waals surface area contributed by atoms with Crippen molar-refractivity contribution < 1.29 is 4.79 Å². The van der Waals surface area contributed by atoms with E-state index in [1.54, 1.807) is 0 Å². The number of fused-ring (bicyclic) bond motifs is 1. The van der Waals surface area contributed by atoms with Crippen molar-refractivity contribution in [2.45, 2.75) is 13.3 Å². The minimum atomic E-state index is 0.168. The van der Waals surface area contributed by atoms with Crippen LogP contribution in [0.25, 0.3) is 10.8 Å². The Hall–Kier alpha value is -2.41. The zero-order valence-corrected chi connectivity index (χ0v) is 11.5. The fraction of sp³-hybridized carbons (Fsp3) is 0.105. The molecule has 0 saturated heterocycles. The molecule has 0 amide bonds. The average molecular weight is 260 g/mol. The van der Waals surface area contributed by atoms with Crippen LogP contribution < -0.4 is 0 Å². The zero-order valence-electron chi connectivity index (χ0n) is 11.5. The number of hydrogen-bond acceptors (Lipinski definition) is 1. The topological polar surface area (TPSA) is 17.1 Å². The largest absolute Gasteiger partial charge is 0.294 e. The van der Waals surface area contributed by atoms with Crippen molar-refractivity contribution in [1.29, 1.82) is 0 Å². The SMILES string of the molecule is Cc1ccc(C(=O)Cc2cccc3ccccc23)cc1. The fourth-order valence-corrected chi connectivity index (χ4v) is 2.46. The van der Waals surface area contributed by atoms with Crippen LogP contribution >= 0.6 is 0 Å². The van der Waals surface area contributed by atoms with E-state index in [-0.39, 0.29) is 5.78 Å². The number of carbonyl (C=O) groups is 1. The van der Waals surface area contributed by atoms with Gasteiger partial charge in [0.2, 0.25) is 0 Å². The van der Waals surface area contributed by atoms with Gasteiger partial charge in [0.05, 0.1) is 0 Å². The van der Waals surface area contributed by atoms with Crippen LogP contribution in [0.5, 0.6) is 0 Å². The maximum atomic E-state index is 12.4. The minimum absolute atomic E-state index is 0.168. The summed E-state index contributed by atoms with van der Waals surface area (Å²) in [6, 6.07) is 22.1. The Labute approximate surface area is 118 Å². The van der Waals surface area contributed by atoms with Crippen molar-refractivity contribution in [3.05, 3.63) is 83.4 Å². The Balaban J connectivity index is 1.93. The number of hydrogen-bond donors (Lipinski definition) is 0. The highest BCUT2D eigenvalue weighted by atomic mass is 16.1. The van der Waals surface area contributed by atoms with E-state index in [1.165, 1.54) is 10.9 Å². The summed E-state index contributed by atoms with van der Waals surface area (Å²) in [5.74, 6) is 0.168. The van der Waals surface area contributed by atoms with Gasteiger partial charge in [0.1, 0.15) is 0 Å². The molecule has 0 atom stereocenters. The first-order valence-electron chi connectivity index (χ1n) is 6.80. The standard InChI is InChI=1S/C19H16O/c1-14-9-11-16(12-10-14)19(20)13-17-7-4-6-15-5-2-3-8-18(15)17/h2-12H,13H2,1H3. The Morgan fingerprint density at radius 1 is 0.850 bits per heavy atom. The molecule has 0 unspecified atom stereocenters. The summed E-state index contributed by atoms with van der Waals surface area (Å²) < 4.78 is 0. The van der Waals surface area contributed by atoms with E-state index in [2.05, 4.69) is 18.2 Å². The molecule has 3 rings (SSSR count). The van der Waals surface area contributed by atoms with Gasteiger partial charge in [-0.05, 0) is 23.3 Å². The van der Waals surface area contributed by atoms with Gasteiger partial charge in [0.25, 0.3) is 0 Å². The molecule has 0 heterocycles. The second kappa shape index (κ2) is 5.30. The van der Waals surface area contributed by atoms with E-state index < -0.39 is 0 Å². The highest BCUT2D eigenvalue weighted by molar-refractivity contribution is 6.00. The van der Waals surface area contributed by atoms with Crippen molar-refractivity contribution in [3.63, 3.8) is 0 Å². The quantitative estimate of drug-likeness (QED) is 0.630. The smallest absolute Gasteiger partial charge is 0.167 e. The first-order valence-corrected chi connectivity index (χ1v) is 6.80. The van der Waals surface area contributed by atoms with Gasteiger partial charge in [-0.1, -0.05) is 72.3 Å². The summed E-state index contributed by atoms with van der Waals surface area (Å²) in [5, 5.41) is 2.34. The average Bonchev–Trinajstić information content (AvgIpc) is 2.48. The van der Waals surface area contributed by atoms with Crippen LogP contribution in [-0.2, 0) is 6.42 Å². The van der Waals surface area contributed by atoms with Gasteiger partial charge < -0.3 is 0 Å². The predicted octanol–water partition coefficient (Wildman–Crippen LogP) is 4.57. The second-order valence-electron chi connectivity index (χ2n) is 5.10. The molecule has 0 N–H and O–H groups in total. The van der Waals surface area contributed by atoms with Crippen molar-refractivity contribution in [1.82, 2.24) is 0 Å². The molecule has 3 aromatic rings. The van der Waals surface area contributed by atoms with Crippen LogP contribution in [-0.4, -0.2) is 5.78 Å². The molecule has 1 nitrogen and oxygen atoms in total. The third kappa shape index (κ3) is 2.48. The van der Waals surface area contributed by atoms with E-state index in [0.29, 0.717) is 6.42 Å². The summed E-state index contributed by atoms with van der Waals surface area (Å²) >= 11 is 0. The van der Waals surface area contributed by atoms with Crippen molar-refractivity contribution >= 4 is 16.6 Å². The molecule has 3 aromatic carbocycles. The van der Waals surface area contributed by atoms with Gasteiger partial charge in [0, 0.05) is 12.0 Å². The van der Waals surface area contributed by atoms with E-state index in [9.17, 15) is 4.79 Å². The van der Waals surface area contributed by atoms with Gasteiger partial charge in [-0.2, -0.15) is 0 Å². The van der Waals surface area contributed by atoms with Crippen LogP contribution in [0.2, 0.25) is 0 Å². The van der Waals surface area contributed by atoms with E-state index in [1.807, 2.05) is 55.5 Å². The molecule has 0 aliphatic heterocycles. The van der Waals surface area contributed by atoms with Gasteiger partial charge in [-0.25, -0.2) is 0 Å². The molecule has 1 heteroatoms. The summed E-state index contributed by atoms with van der Waals surface area (Å²) in [6.07, 6.45) is 0.449. The normalized spacial score (nSPS) is 10.7. The minimum Gasteiger partial charge on any atom is -0.294 e. The number of benzene rings is 3. The van der Waals surface area contributed by atoms with Crippen LogP contribution in [0.15, 0.2) is 66.7 Å². The summed E-state index contributed by atoms with van der Waals surface area (Å²) in [7, 11) is 0. The Morgan fingerprint density at radius 2 is 1.55 bits per heavy atom.